The normalized spacial score (nSPS) is 17.8. The van der Waals surface area contributed by atoms with E-state index in [4.69, 9.17) is 4.98 Å². The minimum absolute atomic E-state index is 0.609. The van der Waals surface area contributed by atoms with Gasteiger partial charge in [-0.15, -0.1) is 0 Å². The van der Waals surface area contributed by atoms with E-state index >= 15 is 0 Å². The molecular formula is C20H28N4. The molecule has 1 aliphatic heterocycles. The van der Waals surface area contributed by atoms with Crippen molar-refractivity contribution in [1.29, 1.82) is 0 Å². The van der Waals surface area contributed by atoms with Gasteiger partial charge in [0, 0.05) is 30.9 Å². The number of hydrogen-bond donors (Lipinski definition) is 1. The Balaban J connectivity index is 1.77. The Morgan fingerprint density at radius 2 is 2.00 bits per heavy atom. The Kier molecular flexibility index (Phi) is 5.34. The highest BCUT2D eigenvalue weighted by Gasteiger charge is 2.22. The number of nitrogens with one attached hydrogen (secondary N) is 1. The molecule has 0 bridgehead atoms. The summed E-state index contributed by atoms with van der Waals surface area (Å²) in [5.41, 5.74) is 3.60. The highest BCUT2D eigenvalue weighted by molar-refractivity contribution is 5.46. The van der Waals surface area contributed by atoms with Gasteiger partial charge >= 0.3 is 0 Å². The molecule has 4 heteroatoms. The molecule has 4 nitrogen and oxygen atoms in total. The zero-order valence-electron chi connectivity index (χ0n) is 15.0. The number of aromatic nitrogens is 2. The Morgan fingerprint density at radius 3 is 2.79 bits per heavy atom. The molecule has 2 aromatic rings. The molecule has 2 heterocycles. The first kappa shape index (κ1) is 16.7. The molecule has 24 heavy (non-hydrogen) atoms. The van der Waals surface area contributed by atoms with E-state index in [-0.39, 0.29) is 0 Å². The van der Waals surface area contributed by atoms with Crippen molar-refractivity contribution >= 4 is 11.8 Å². The lowest BCUT2D eigenvalue weighted by molar-refractivity contribution is 0.446. The molecule has 3 rings (SSSR count). The topological polar surface area (TPSA) is 41.1 Å². The average molecular weight is 324 g/mol. The van der Waals surface area contributed by atoms with Crippen LogP contribution in [0.5, 0.6) is 0 Å². The van der Waals surface area contributed by atoms with Crippen molar-refractivity contribution in [1.82, 2.24) is 9.97 Å². The summed E-state index contributed by atoms with van der Waals surface area (Å²) in [6, 6.07) is 11.2. The van der Waals surface area contributed by atoms with Crippen molar-refractivity contribution in [2.45, 2.75) is 59.0 Å². The van der Waals surface area contributed by atoms with Crippen LogP contribution in [0.4, 0.5) is 11.8 Å². The Hall–Kier alpha value is -2.10. The summed E-state index contributed by atoms with van der Waals surface area (Å²) in [7, 11) is 0. The van der Waals surface area contributed by atoms with Crippen LogP contribution < -0.4 is 10.2 Å². The first-order valence-electron chi connectivity index (χ1n) is 9.08. The minimum Gasteiger partial charge on any atom is -0.353 e. The molecule has 1 aromatic heterocycles. The van der Waals surface area contributed by atoms with Crippen LogP contribution in [0.2, 0.25) is 0 Å². The smallest absolute Gasteiger partial charge is 0.225 e. The van der Waals surface area contributed by atoms with Crippen LogP contribution in [0.25, 0.3) is 0 Å². The number of benzene rings is 1. The standard InChI is InChI=1S/C20H28N4/c1-4-18-11-7-8-12-24(18)19-13-16(3)22-20(23-19)21-14-17-10-6-5-9-15(17)2/h5-6,9-10,13,18H,4,7-8,11-12,14H2,1-3H3,(H,21,22,23). The van der Waals surface area contributed by atoms with Gasteiger partial charge in [-0.05, 0) is 50.7 Å². The molecule has 1 aliphatic rings. The van der Waals surface area contributed by atoms with Gasteiger partial charge in [0.15, 0.2) is 0 Å². The predicted octanol–water partition coefficient (Wildman–Crippen LogP) is 4.47. The predicted molar refractivity (Wildman–Crippen MR) is 101 cm³/mol. The molecular weight excluding hydrogens is 296 g/mol. The fraction of sp³-hybridized carbons (Fsp3) is 0.500. The van der Waals surface area contributed by atoms with Crippen molar-refractivity contribution in [3.05, 3.63) is 47.2 Å². The molecule has 0 spiro atoms. The van der Waals surface area contributed by atoms with E-state index in [9.17, 15) is 0 Å². The molecule has 0 aliphatic carbocycles. The summed E-state index contributed by atoms with van der Waals surface area (Å²) in [6.45, 7) is 8.32. The summed E-state index contributed by atoms with van der Waals surface area (Å²) in [6.07, 6.45) is 5.03. The number of anilines is 2. The molecule has 1 atom stereocenters. The molecule has 1 saturated heterocycles. The van der Waals surface area contributed by atoms with Gasteiger partial charge in [-0.2, -0.15) is 4.98 Å². The zero-order chi connectivity index (χ0) is 16.9. The van der Waals surface area contributed by atoms with Crippen molar-refractivity contribution in [2.24, 2.45) is 0 Å². The van der Waals surface area contributed by atoms with Gasteiger partial charge in [-0.3, -0.25) is 0 Å². The van der Waals surface area contributed by atoms with E-state index in [2.05, 4.69) is 66.3 Å². The van der Waals surface area contributed by atoms with Crippen molar-refractivity contribution < 1.29 is 0 Å². The molecule has 0 radical (unpaired) electrons. The third-order valence-corrected chi connectivity index (χ3v) is 4.93. The highest BCUT2D eigenvalue weighted by Crippen LogP contribution is 2.26. The van der Waals surface area contributed by atoms with E-state index in [0.717, 1.165) is 30.5 Å². The van der Waals surface area contributed by atoms with Crippen LogP contribution >= 0.6 is 0 Å². The minimum atomic E-state index is 0.609. The van der Waals surface area contributed by atoms with Gasteiger partial charge < -0.3 is 10.2 Å². The Morgan fingerprint density at radius 1 is 1.17 bits per heavy atom. The summed E-state index contributed by atoms with van der Waals surface area (Å²) in [4.78, 5) is 11.8. The second-order valence-electron chi connectivity index (χ2n) is 6.72. The van der Waals surface area contributed by atoms with E-state index in [1.807, 2.05) is 0 Å². The van der Waals surface area contributed by atoms with Crippen LogP contribution in [0.1, 0.15) is 49.4 Å². The van der Waals surface area contributed by atoms with Gasteiger partial charge in [0.2, 0.25) is 5.95 Å². The fourth-order valence-electron chi connectivity index (χ4n) is 3.49. The fourth-order valence-corrected chi connectivity index (χ4v) is 3.49. The lowest BCUT2D eigenvalue weighted by atomic mass is 10.00. The number of nitrogens with zero attached hydrogens (tertiary/aromatic N) is 3. The Labute approximate surface area is 145 Å². The molecule has 1 N–H and O–H groups in total. The summed E-state index contributed by atoms with van der Waals surface area (Å²) < 4.78 is 0. The monoisotopic (exact) mass is 324 g/mol. The SMILES string of the molecule is CCC1CCCCN1c1cc(C)nc(NCc2ccccc2C)n1. The molecule has 1 unspecified atom stereocenters. The van der Waals surface area contributed by atoms with Gasteiger partial charge in [-0.1, -0.05) is 31.2 Å². The first-order chi connectivity index (χ1) is 11.7. The van der Waals surface area contributed by atoms with E-state index in [0.29, 0.717) is 6.04 Å². The highest BCUT2D eigenvalue weighted by atomic mass is 15.2. The summed E-state index contributed by atoms with van der Waals surface area (Å²) in [5.74, 6) is 1.80. The van der Waals surface area contributed by atoms with Crippen molar-refractivity contribution in [2.75, 3.05) is 16.8 Å². The maximum absolute atomic E-state index is 4.80. The number of rotatable bonds is 5. The van der Waals surface area contributed by atoms with Crippen molar-refractivity contribution in [3.63, 3.8) is 0 Å². The molecule has 128 valence electrons. The second kappa shape index (κ2) is 7.65. The molecule has 0 amide bonds. The quantitative estimate of drug-likeness (QED) is 0.881. The van der Waals surface area contributed by atoms with E-state index in [1.54, 1.807) is 0 Å². The van der Waals surface area contributed by atoms with Crippen LogP contribution in [0.3, 0.4) is 0 Å². The molecule has 0 saturated carbocycles. The first-order valence-corrected chi connectivity index (χ1v) is 9.08. The van der Waals surface area contributed by atoms with Crippen molar-refractivity contribution in [3.8, 4) is 0 Å². The average Bonchev–Trinajstić information content (AvgIpc) is 2.60. The van der Waals surface area contributed by atoms with E-state index < -0.39 is 0 Å². The van der Waals surface area contributed by atoms with Gasteiger partial charge in [0.25, 0.3) is 0 Å². The largest absolute Gasteiger partial charge is 0.353 e. The van der Waals surface area contributed by atoms with E-state index in [1.165, 1.54) is 36.8 Å². The van der Waals surface area contributed by atoms with Crippen LogP contribution in [-0.4, -0.2) is 22.6 Å². The number of hydrogen-bond acceptors (Lipinski definition) is 4. The maximum atomic E-state index is 4.80. The summed E-state index contributed by atoms with van der Waals surface area (Å²) in [5, 5.41) is 3.41. The van der Waals surface area contributed by atoms with Crippen LogP contribution in [-0.2, 0) is 6.54 Å². The van der Waals surface area contributed by atoms with Gasteiger partial charge in [-0.25, -0.2) is 4.98 Å². The second-order valence-corrected chi connectivity index (χ2v) is 6.72. The maximum Gasteiger partial charge on any atom is 0.225 e. The summed E-state index contributed by atoms with van der Waals surface area (Å²) >= 11 is 0. The Bertz CT molecular complexity index is 683. The van der Waals surface area contributed by atoms with Crippen LogP contribution in [0.15, 0.2) is 30.3 Å². The van der Waals surface area contributed by atoms with Gasteiger partial charge in [0.05, 0.1) is 0 Å². The number of aryl methyl sites for hydroxylation is 2. The van der Waals surface area contributed by atoms with Gasteiger partial charge in [0.1, 0.15) is 5.82 Å². The lowest BCUT2D eigenvalue weighted by Gasteiger charge is -2.36. The third kappa shape index (κ3) is 3.86. The van der Waals surface area contributed by atoms with Crippen LogP contribution in [0, 0.1) is 13.8 Å². The lowest BCUT2D eigenvalue weighted by Crippen LogP contribution is -2.39. The zero-order valence-corrected chi connectivity index (χ0v) is 15.0. The number of piperidine rings is 1. The molecule has 1 aromatic carbocycles. The third-order valence-electron chi connectivity index (χ3n) is 4.93. The molecule has 1 fully saturated rings.